The number of carbonyl (C=O) groups excluding carboxylic acids is 2. The van der Waals surface area contributed by atoms with E-state index in [2.05, 4.69) is 5.32 Å². The number of rotatable bonds is 3. The highest BCUT2D eigenvalue weighted by Crippen LogP contribution is 2.33. The van der Waals surface area contributed by atoms with Crippen molar-refractivity contribution in [3.8, 4) is 0 Å². The number of amides is 2. The van der Waals surface area contributed by atoms with Gasteiger partial charge in [0.05, 0.1) is 13.2 Å². The average molecular weight is 385 g/mol. The van der Waals surface area contributed by atoms with Gasteiger partial charge >= 0.3 is 0 Å². The Labute approximate surface area is 157 Å². The van der Waals surface area contributed by atoms with Gasteiger partial charge in [-0.15, -0.1) is 0 Å². The van der Waals surface area contributed by atoms with E-state index in [-0.39, 0.29) is 23.7 Å². The van der Waals surface area contributed by atoms with Crippen molar-refractivity contribution in [3.63, 3.8) is 0 Å². The third-order valence-electron chi connectivity index (χ3n) is 4.87. The third kappa shape index (κ3) is 4.66. The molecule has 0 radical (unpaired) electrons. The topological polar surface area (TPSA) is 58.6 Å². The summed E-state index contributed by atoms with van der Waals surface area (Å²) < 4.78 is 5.31. The second kappa shape index (κ2) is 8.39. The molecular weight excluding hydrogens is 363 g/mol. The van der Waals surface area contributed by atoms with Crippen molar-refractivity contribution in [1.82, 2.24) is 4.90 Å². The van der Waals surface area contributed by atoms with Gasteiger partial charge < -0.3 is 15.0 Å². The molecule has 136 valence electrons. The van der Waals surface area contributed by atoms with Crippen LogP contribution in [-0.4, -0.2) is 43.0 Å². The number of anilines is 1. The molecule has 2 aliphatic rings. The van der Waals surface area contributed by atoms with Crippen molar-refractivity contribution in [2.24, 2.45) is 11.8 Å². The Balaban J connectivity index is 1.71. The van der Waals surface area contributed by atoms with Crippen molar-refractivity contribution >= 4 is 40.7 Å². The van der Waals surface area contributed by atoms with Crippen LogP contribution in [0.1, 0.15) is 25.7 Å². The summed E-state index contributed by atoms with van der Waals surface area (Å²) in [5.74, 6) is -0.639. The lowest BCUT2D eigenvalue weighted by atomic mass is 9.77. The highest BCUT2D eigenvalue weighted by molar-refractivity contribution is 6.35. The maximum Gasteiger partial charge on any atom is 0.228 e. The number of carbonyl (C=O) groups is 2. The maximum absolute atomic E-state index is 12.9. The van der Waals surface area contributed by atoms with Crippen LogP contribution in [0.5, 0.6) is 0 Å². The third-order valence-corrected chi connectivity index (χ3v) is 5.31. The Morgan fingerprint density at radius 2 is 1.60 bits per heavy atom. The molecule has 25 heavy (non-hydrogen) atoms. The maximum atomic E-state index is 12.9. The SMILES string of the molecule is O=C(Nc1cc(Cl)cc(Cl)c1)[C@H]1CCCC[C@H]1C(=O)N1CCOCC1. The smallest absolute Gasteiger partial charge is 0.228 e. The van der Waals surface area contributed by atoms with Gasteiger partial charge in [0.25, 0.3) is 0 Å². The van der Waals surface area contributed by atoms with Gasteiger partial charge in [0, 0.05) is 40.7 Å². The average Bonchev–Trinajstić information content (AvgIpc) is 2.61. The lowest BCUT2D eigenvalue weighted by Crippen LogP contribution is -2.47. The zero-order valence-electron chi connectivity index (χ0n) is 14.0. The predicted molar refractivity (Wildman–Crippen MR) is 97.9 cm³/mol. The van der Waals surface area contributed by atoms with Crippen molar-refractivity contribution in [2.45, 2.75) is 25.7 Å². The van der Waals surface area contributed by atoms with Crippen LogP contribution < -0.4 is 5.32 Å². The summed E-state index contributed by atoms with van der Waals surface area (Å²) >= 11 is 12.0. The first-order chi connectivity index (χ1) is 12.0. The Hall–Kier alpha value is -1.30. The molecule has 1 aromatic rings. The van der Waals surface area contributed by atoms with Crippen molar-refractivity contribution < 1.29 is 14.3 Å². The summed E-state index contributed by atoms with van der Waals surface area (Å²) in [5, 5.41) is 3.81. The molecule has 0 spiro atoms. The van der Waals surface area contributed by atoms with Gasteiger partial charge in [0.1, 0.15) is 0 Å². The zero-order chi connectivity index (χ0) is 17.8. The number of halogens is 2. The van der Waals surface area contributed by atoms with E-state index < -0.39 is 0 Å². The van der Waals surface area contributed by atoms with Gasteiger partial charge in [-0.2, -0.15) is 0 Å². The summed E-state index contributed by atoms with van der Waals surface area (Å²) in [6.45, 7) is 2.34. The lowest BCUT2D eigenvalue weighted by Gasteiger charge is -2.35. The van der Waals surface area contributed by atoms with Crippen LogP contribution in [-0.2, 0) is 14.3 Å². The minimum atomic E-state index is -0.318. The Bertz CT molecular complexity index is 627. The van der Waals surface area contributed by atoms with E-state index in [1.165, 1.54) is 0 Å². The molecule has 2 fully saturated rings. The van der Waals surface area contributed by atoms with E-state index in [1.807, 2.05) is 4.90 Å². The fraction of sp³-hybridized carbons (Fsp3) is 0.556. The van der Waals surface area contributed by atoms with Gasteiger partial charge in [0.15, 0.2) is 0 Å². The summed E-state index contributed by atoms with van der Waals surface area (Å²) in [7, 11) is 0. The molecule has 5 nitrogen and oxygen atoms in total. The van der Waals surface area contributed by atoms with E-state index >= 15 is 0 Å². The quantitative estimate of drug-likeness (QED) is 0.865. The Kier molecular flexibility index (Phi) is 6.20. The monoisotopic (exact) mass is 384 g/mol. The number of morpholine rings is 1. The minimum Gasteiger partial charge on any atom is -0.378 e. The number of benzene rings is 1. The second-order valence-corrected chi connectivity index (χ2v) is 7.46. The van der Waals surface area contributed by atoms with Crippen molar-refractivity contribution in [2.75, 3.05) is 31.6 Å². The molecule has 0 bridgehead atoms. The molecule has 2 atom stereocenters. The first-order valence-corrected chi connectivity index (χ1v) is 9.43. The largest absolute Gasteiger partial charge is 0.378 e. The fourth-order valence-electron chi connectivity index (χ4n) is 3.62. The molecule has 1 N–H and O–H groups in total. The van der Waals surface area contributed by atoms with Crippen LogP contribution in [0.2, 0.25) is 10.0 Å². The van der Waals surface area contributed by atoms with Crippen molar-refractivity contribution in [3.05, 3.63) is 28.2 Å². The highest BCUT2D eigenvalue weighted by Gasteiger charge is 2.38. The summed E-state index contributed by atoms with van der Waals surface area (Å²) in [6.07, 6.45) is 3.42. The Morgan fingerprint density at radius 1 is 1.00 bits per heavy atom. The minimum absolute atomic E-state index is 0.0762. The number of nitrogens with one attached hydrogen (secondary N) is 1. The van der Waals surface area contributed by atoms with E-state index in [4.69, 9.17) is 27.9 Å². The predicted octanol–water partition coefficient (Wildman–Crippen LogP) is 3.60. The molecule has 3 rings (SSSR count). The number of nitrogens with zero attached hydrogens (tertiary/aromatic N) is 1. The molecule has 7 heteroatoms. The van der Waals surface area contributed by atoms with Crippen LogP contribution in [0.3, 0.4) is 0 Å². The molecule has 2 amide bonds. The van der Waals surface area contributed by atoms with Crippen LogP contribution in [0, 0.1) is 11.8 Å². The molecular formula is C18H22Cl2N2O3. The number of hydrogen-bond acceptors (Lipinski definition) is 3. The highest BCUT2D eigenvalue weighted by atomic mass is 35.5. The van der Waals surface area contributed by atoms with E-state index in [1.54, 1.807) is 18.2 Å². The van der Waals surface area contributed by atoms with Crippen LogP contribution in [0.4, 0.5) is 5.69 Å². The van der Waals surface area contributed by atoms with Gasteiger partial charge in [-0.1, -0.05) is 36.0 Å². The Morgan fingerprint density at radius 3 is 2.24 bits per heavy atom. The normalized spacial score (nSPS) is 24.0. The van der Waals surface area contributed by atoms with Crippen molar-refractivity contribution in [1.29, 1.82) is 0 Å². The van der Waals surface area contributed by atoms with Gasteiger partial charge in [-0.05, 0) is 31.0 Å². The van der Waals surface area contributed by atoms with Crippen LogP contribution in [0.25, 0.3) is 0 Å². The summed E-state index contributed by atoms with van der Waals surface area (Å²) in [5.41, 5.74) is 0.561. The van der Waals surface area contributed by atoms with E-state index in [0.717, 1.165) is 25.7 Å². The number of hydrogen-bond donors (Lipinski definition) is 1. The van der Waals surface area contributed by atoms with Crippen LogP contribution >= 0.6 is 23.2 Å². The van der Waals surface area contributed by atoms with Gasteiger partial charge in [0.2, 0.25) is 11.8 Å². The molecule has 0 aromatic heterocycles. The van der Waals surface area contributed by atoms with E-state index in [0.29, 0.717) is 42.0 Å². The molecule has 1 aliphatic heterocycles. The van der Waals surface area contributed by atoms with E-state index in [9.17, 15) is 9.59 Å². The molecule has 1 heterocycles. The fourth-order valence-corrected chi connectivity index (χ4v) is 4.15. The van der Waals surface area contributed by atoms with Gasteiger partial charge in [-0.25, -0.2) is 0 Å². The number of ether oxygens (including phenoxy) is 1. The van der Waals surface area contributed by atoms with Crippen LogP contribution in [0.15, 0.2) is 18.2 Å². The lowest BCUT2D eigenvalue weighted by molar-refractivity contribution is -0.145. The van der Waals surface area contributed by atoms with Gasteiger partial charge in [-0.3, -0.25) is 9.59 Å². The molecule has 1 aromatic carbocycles. The zero-order valence-corrected chi connectivity index (χ0v) is 15.5. The standard InChI is InChI=1S/C18H22Cl2N2O3/c19-12-9-13(20)11-14(10-12)21-17(23)15-3-1-2-4-16(15)18(24)22-5-7-25-8-6-22/h9-11,15-16H,1-8H2,(H,21,23)/t15-,16+/m0/s1. The molecule has 0 unspecified atom stereocenters. The second-order valence-electron chi connectivity index (χ2n) is 6.58. The molecule has 1 saturated carbocycles. The molecule has 1 saturated heterocycles. The summed E-state index contributed by atoms with van der Waals surface area (Å²) in [6, 6.07) is 4.93. The first-order valence-electron chi connectivity index (χ1n) is 8.68. The summed E-state index contributed by atoms with van der Waals surface area (Å²) in [4.78, 5) is 27.5. The molecule has 1 aliphatic carbocycles. The first kappa shape index (κ1) is 18.5.